The average Bonchev–Trinajstić information content (AvgIpc) is 3.35. The smallest absolute Gasteiger partial charge is 0.319 e. The summed E-state index contributed by atoms with van der Waals surface area (Å²) in [4.78, 5) is 16.6. The molecule has 0 saturated heterocycles. The second-order valence-electron chi connectivity index (χ2n) is 6.21. The van der Waals surface area contributed by atoms with E-state index in [2.05, 4.69) is 15.4 Å². The highest BCUT2D eigenvalue weighted by Crippen LogP contribution is 2.41. The first-order valence-corrected chi connectivity index (χ1v) is 7.96. The van der Waals surface area contributed by atoms with E-state index in [0.717, 1.165) is 37.2 Å². The van der Waals surface area contributed by atoms with Gasteiger partial charge in [-0.1, -0.05) is 0 Å². The first kappa shape index (κ1) is 17.4. The van der Waals surface area contributed by atoms with Gasteiger partial charge < -0.3 is 5.32 Å². The molecule has 140 valence electrons. The highest BCUT2D eigenvalue weighted by Gasteiger charge is 2.38. The fourth-order valence-corrected chi connectivity index (χ4v) is 2.71. The van der Waals surface area contributed by atoms with Gasteiger partial charge in [-0.15, -0.1) is 0 Å². The fourth-order valence-electron chi connectivity index (χ4n) is 2.71. The molecule has 10 heteroatoms. The van der Waals surface area contributed by atoms with Crippen molar-refractivity contribution >= 4 is 17.2 Å². The lowest BCUT2D eigenvalue weighted by Crippen LogP contribution is -2.16. The summed E-state index contributed by atoms with van der Waals surface area (Å²) in [7, 11) is 0. The van der Waals surface area contributed by atoms with Crippen LogP contribution in [-0.4, -0.2) is 20.5 Å². The van der Waals surface area contributed by atoms with Gasteiger partial charge in [-0.05, 0) is 31.0 Å². The number of fused-ring (bicyclic) bond motifs is 1. The maximum atomic E-state index is 13.7. The highest BCUT2D eigenvalue weighted by molar-refractivity contribution is 6.08. The van der Waals surface area contributed by atoms with Gasteiger partial charge in [-0.3, -0.25) is 4.79 Å². The summed E-state index contributed by atoms with van der Waals surface area (Å²) in [5.74, 6) is -2.82. The summed E-state index contributed by atoms with van der Waals surface area (Å²) in [6.07, 6.45) is -2.31. The number of halogens is 5. The molecule has 0 radical (unpaired) electrons. The van der Waals surface area contributed by atoms with E-state index in [9.17, 15) is 26.7 Å². The number of hydrogen-bond acceptors (Lipinski definition) is 3. The van der Waals surface area contributed by atoms with Crippen LogP contribution in [0.4, 0.5) is 27.6 Å². The molecule has 1 aliphatic rings. The van der Waals surface area contributed by atoms with Gasteiger partial charge in [-0.2, -0.15) is 18.3 Å². The first-order chi connectivity index (χ1) is 12.7. The van der Waals surface area contributed by atoms with Crippen LogP contribution >= 0.6 is 0 Å². The Balaban J connectivity index is 1.77. The normalized spacial score (nSPS) is 14.6. The van der Waals surface area contributed by atoms with Gasteiger partial charge in [0, 0.05) is 17.7 Å². The molecule has 5 nitrogen and oxygen atoms in total. The Morgan fingerprint density at radius 3 is 2.56 bits per heavy atom. The number of carbonyl (C=O) groups is 1. The van der Waals surface area contributed by atoms with Crippen LogP contribution in [-0.2, 0) is 6.18 Å². The van der Waals surface area contributed by atoms with Crippen LogP contribution in [0.1, 0.15) is 40.5 Å². The maximum Gasteiger partial charge on any atom is 0.433 e. The zero-order valence-corrected chi connectivity index (χ0v) is 13.5. The molecule has 1 saturated carbocycles. The zero-order chi connectivity index (χ0) is 19.3. The van der Waals surface area contributed by atoms with Gasteiger partial charge in [0.25, 0.3) is 5.91 Å². The Labute approximate surface area is 148 Å². The molecule has 1 aromatic carbocycles. The minimum Gasteiger partial charge on any atom is -0.319 e. The predicted molar refractivity (Wildman–Crippen MR) is 84.3 cm³/mol. The molecule has 0 aliphatic heterocycles. The van der Waals surface area contributed by atoms with Crippen LogP contribution in [0.3, 0.4) is 0 Å². The Morgan fingerprint density at radius 2 is 1.93 bits per heavy atom. The molecule has 1 N–H and O–H groups in total. The molecular formula is C17H11F5N4O. The Bertz CT molecular complexity index is 1060. The Hall–Kier alpha value is -3.04. The van der Waals surface area contributed by atoms with E-state index in [1.54, 1.807) is 0 Å². The molecule has 4 rings (SSSR count). The van der Waals surface area contributed by atoms with Gasteiger partial charge >= 0.3 is 6.18 Å². The van der Waals surface area contributed by atoms with E-state index in [1.807, 2.05) is 0 Å². The van der Waals surface area contributed by atoms with Crippen molar-refractivity contribution in [3.05, 3.63) is 59.0 Å². The lowest BCUT2D eigenvalue weighted by molar-refractivity contribution is -0.142. The van der Waals surface area contributed by atoms with E-state index in [1.165, 1.54) is 0 Å². The van der Waals surface area contributed by atoms with Crippen LogP contribution in [0.15, 0.2) is 30.5 Å². The molecule has 3 aromatic rings. The van der Waals surface area contributed by atoms with Crippen molar-refractivity contribution in [2.75, 3.05) is 5.32 Å². The van der Waals surface area contributed by atoms with Gasteiger partial charge in [0.05, 0.1) is 11.9 Å². The lowest BCUT2D eigenvalue weighted by Gasteiger charge is -2.11. The SMILES string of the molecule is O=C(Nc1ccc(F)cc1F)c1cnn2c(C(F)(F)F)cc(C3CC3)nc12. The van der Waals surface area contributed by atoms with Crippen molar-refractivity contribution < 1.29 is 26.7 Å². The number of anilines is 1. The van der Waals surface area contributed by atoms with Gasteiger partial charge in [-0.25, -0.2) is 18.3 Å². The van der Waals surface area contributed by atoms with Gasteiger partial charge in [0.1, 0.15) is 22.9 Å². The van der Waals surface area contributed by atoms with Crippen LogP contribution in [0.5, 0.6) is 0 Å². The van der Waals surface area contributed by atoms with Crippen LogP contribution in [0, 0.1) is 11.6 Å². The second-order valence-corrected chi connectivity index (χ2v) is 6.21. The van der Waals surface area contributed by atoms with E-state index < -0.39 is 29.4 Å². The largest absolute Gasteiger partial charge is 0.433 e. The average molecular weight is 382 g/mol. The number of alkyl halides is 3. The lowest BCUT2D eigenvalue weighted by atomic mass is 10.2. The van der Waals surface area contributed by atoms with E-state index in [4.69, 9.17) is 0 Å². The molecule has 27 heavy (non-hydrogen) atoms. The van der Waals surface area contributed by atoms with Crippen molar-refractivity contribution in [1.29, 1.82) is 0 Å². The molecule has 0 spiro atoms. The topological polar surface area (TPSA) is 59.3 Å². The number of hydrogen-bond donors (Lipinski definition) is 1. The van der Waals surface area contributed by atoms with Crippen LogP contribution in [0.2, 0.25) is 0 Å². The Morgan fingerprint density at radius 1 is 1.19 bits per heavy atom. The van der Waals surface area contributed by atoms with E-state index in [0.29, 0.717) is 10.6 Å². The molecule has 0 bridgehead atoms. The Kier molecular flexibility index (Phi) is 3.86. The number of carbonyl (C=O) groups excluding carboxylic acids is 1. The molecule has 0 unspecified atom stereocenters. The fraction of sp³-hybridized carbons (Fsp3) is 0.235. The maximum absolute atomic E-state index is 13.7. The first-order valence-electron chi connectivity index (χ1n) is 7.96. The monoisotopic (exact) mass is 382 g/mol. The number of rotatable bonds is 3. The molecule has 2 heterocycles. The number of benzene rings is 1. The van der Waals surface area contributed by atoms with Gasteiger partial charge in [0.15, 0.2) is 5.65 Å². The molecule has 1 amide bonds. The summed E-state index contributed by atoms with van der Waals surface area (Å²) in [6.45, 7) is 0. The molecular weight excluding hydrogens is 371 g/mol. The molecule has 0 atom stereocenters. The van der Waals surface area contributed by atoms with Gasteiger partial charge in [0.2, 0.25) is 0 Å². The van der Waals surface area contributed by atoms with Crippen molar-refractivity contribution in [1.82, 2.24) is 14.6 Å². The minimum atomic E-state index is -4.69. The number of aromatic nitrogens is 3. The second kappa shape index (κ2) is 6.00. The number of amides is 1. The van der Waals surface area contributed by atoms with E-state index >= 15 is 0 Å². The summed E-state index contributed by atoms with van der Waals surface area (Å²) in [5, 5.41) is 5.82. The minimum absolute atomic E-state index is 0.0866. The third-order valence-corrected chi connectivity index (χ3v) is 4.20. The van der Waals surface area contributed by atoms with Crippen LogP contribution in [0.25, 0.3) is 5.65 Å². The molecule has 1 aliphatic carbocycles. The van der Waals surface area contributed by atoms with Crippen molar-refractivity contribution in [2.45, 2.75) is 24.9 Å². The summed E-state index contributed by atoms with van der Waals surface area (Å²) in [5.41, 5.74) is -1.63. The molecule has 1 fully saturated rings. The number of nitrogens with one attached hydrogen (secondary N) is 1. The summed E-state index contributed by atoms with van der Waals surface area (Å²) in [6, 6.07) is 3.47. The molecule has 2 aromatic heterocycles. The summed E-state index contributed by atoms with van der Waals surface area (Å²) < 4.78 is 67.3. The van der Waals surface area contributed by atoms with Crippen molar-refractivity contribution in [2.24, 2.45) is 0 Å². The zero-order valence-electron chi connectivity index (χ0n) is 13.5. The number of nitrogens with zero attached hydrogens (tertiary/aromatic N) is 3. The van der Waals surface area contributed by atoms with Crippen molar-refractivity contribution in [3.63, 3.8) is 0 Å². The van der Waals surface area contributed by atoms with E-state index in [-0.39, 0.29) is 28.5 Å². The van der Waals surface area contributed by atoms with Crippen molar-refractivity contribution in [3.8, 4) is 0 Å². The van der Waals surface area contributed by atoms with Crippen LogP contribution < -0.4 is 5.32 Å². The quantitative estimate of drug-likeness (QED) is 0.692. The third-order valence-electron chi connectivity index (χ3n) is 4.20. The summed E-state index contributed by atoms with van der Waals surface area (Å²) >= 11 is 0. The third kappa shape index (κ3) is 3.22. The predicted octanol–water partition coefficient (Wildman–Crippen LogP) is 4.16. The highest BCUT2D eigenvalue weighted by atomic mass is 19.4. The standard InChI is InChI=1S/C17H11F5N4O/c18-9-3-4-12(11(19)5-9)25-16(27)10-7-23-26-14(17(20,21)22)6-13(8-1-2-8)24-15(10)26/h3-8H,1-2H2,(H,25,27).